The normalized spacial score (nSPS) is 22.4. The van der Waals surface area contributed by atoms with E-state index in [9.17, 15) is 9.59 Å². The molecule has 0 spiro atoms. The van der Waals surface area contributed by atoms with E-state index in [2.05, 4.69) is 10.4 Å². The summed E-state index contributed by atoms with van der Waals surface area (Å²) in [6.07, 6.45) is 2.17. The van der Waals surface area contributed by atoms with Crippen LogP contribution in [0.3, 0.4) is 0 Å². The maximum atomic E-state index is 11.6. The Balaban J connectivity index is 1.95. The third kappa shape index (κ3) is 3.05. The number of primary amides is 1. The van der Waals surface area contributed by atoms with Crippen molar-refractivity contribution in [3.8, 4) is 0 Å². The van der Waals surface area contributed by atoms with E-state index in [0.29, 0.717) is 18.7 Å². The molecule has 0 bridgehead atoms. The third-order valence-corrected chi connectivity index (χ3v) is 3.39. The van der Waals surface area contributed by atoms with Crippen molar-refractivity contribution < 1.29 is 9.53 Å². The molecule has 2 unspecified atom stereocenters. The van der Waals surface area contributed by atoms with Crippen LogP contribution in [-0.4, -0.2) is 34.4 Å². The second kappa shape index (κ2) is 5.58. The van der Waals surface area contributed by atoms with Crippen LogP contribution in [0.15, 0.2) is 11.0 Å². The first-order valence-corrected chi connectivity index (χ1v) is 6.27. The number of carbonyl (C=O) groups is 1. The van der Waals surface area contributed by atoms with E-state index in [1.165, 1.54) is 13.2 Å². The number of amides is 1. The largest absolute Gasteiger partial charge is 0.380 e. The Hall–Kier alpha value is -1.60. The fraction of sp³-hybridized carbons (Fsp3) is 0.545. The summed E-state index contributed by atoms with van der Waals surface area (Å²) in [7, 11) is 1.52. The third-order valence-electron chi connectivity index (χ3n) is 3.02. The highest BCUT2D eigenvalue weighted by atomic mass is 35.5. The molecule has 1 aromatic heterocycles. The molecule has 2 rings (SSSR count). The predicted molar refractivity (Wildman–Crippen MR) is 70.1 cm³/mol. The Labute approximate surface area is 114 Å². The lowest BCUT2D eigenvalue weighted by Gasteiger charge is -2.14. The van der Waals surface area contributed by atoms with Gasteiger partial charge in [0.05, 0.1) is 18.0 Å². The van der Waals surface area contributed by atoms with Gasteiger partial charge >= 0.3 is 0 Å². The molecule has 0 saturated carbocycles. The van der Waals surface area contributed by atoms with Gasteiger partial charge in [0.2, 0.25) is 5.91 Å². The van der Waals surface area contributed by atoms with Crippen LogP contribution >= 0.6 is 11.6 Å². The van der Waals surface area contributed by atoms with Crippen molar-refractivity contribution in [1.29, 1.82) is 0 Å². The standard InChI is InChI=1S/C11H15ClN4O3/c1-16-11(18)9(12)7(5-15-16)14-4-6-2-3-8(19-6)10(13)17/h5-6,8,14H,2-4H2,1H3,(H2,13,17). The molecule has 1 aliphatic heterocycles. The predicted octanol–water partition coefficient (Wildman–Crippen LogP) is -0.121. The molecule has 2 atom stereocenters. The number of nitrogens with one attached hydrogen (secondary N) is 1. The summed E-state index contributed by atoms with van der Waals surface area (Å²) >= 11 is 5.91. The molecular formula is C11H15ClN4O3. The maximum Gasteiger partial charge on any atom is 0.287 e. The zero-order valence-electron chi connectivity index (χ0n) is 10.4. The van der Waals surface area contributed by atoms with E-state index in [0.717, 1.165) is 11.1 Å². The summed E-state index contributed by atoms with van der Waals surface area (Å²) in [5.41, 5.74) is 5.26. The van der Waals surface area contributed by atoms with Crippen LogP contribution in [0, 0.1) is 0 Å². The fourth-order valence-electron chi connectivity index (χ4n) is 1.92. The number of carbonyl (C=O) groups excluding carboxylic acids is 1. The SMILES string of the molecule is Cn1ncc(NCC2CCC(C(N)=O)O2)c(Cl)c1=O. The van der Waals surface area contributed by atoms with Crippen LogP contribution in [0.2, 0.25) is 5.02 Å². The molecule has 0 radical (unpaired) electrons. The van der Waals surface area contributed by atoms with Gasteiger partial charge in [0.15, 0.2) is 0 Å². The van der Waals surface area contributed by atoms with Crippen molar-refractivity contribution in [1.82, 2.24) is 9.78 Å². The van der Waals surface area contributed by atoms with Gasteiger partial charge in [-0.05, 0) is 12.8 Å². The van der Waals surface area contributed by atoms with Crippen molar-refractivity contribution in [2.45, 2.75) is 25.0 Å². The van der Waals surface area contributed by atoms with Crippen LogP contribution in [-0.2, 0) is 16.6 Å². The summed E-state index contributed by atoms with van der Waals surface area (Å²) < 4.78 is 6.61. The quantitative estimate of drug-likeness (QED) is 0.804. The zero-order chi connectivity index (χ0) is 14.0. The van der Waals surface area contributed by atoms with Gasteiger partial charge in [-0.25, -0.2) is 4.68 Å². The first kappa shape index (κ1) is 13.8. The van der Waals surface area contributed by atoms with Crippen LogP contribution in [0.4, 0.5) is 5.69 Å². The number of aryl methyl sites for hydroxylation is 1. The molecule has 1 saturated heterocycles. The lowest BCUT2D eigenvalue weighted by Crippen LogP contribution is -2.30. The van der Waals surface area contributed by atoms with E-state index >= 15 is 0 Å². The molecule has 0 aromatic carbocycles. The van der Waals surface area contributed by atoms with Crippen molar-refractivity contribution in [3.63, 3.8) is 0 Å². The van der Waals surface area contributed by atoms with Crippen LogP contribution < -0.4 is 16.6 Å². The molecule has 7 nitrogen and oxygen atoms in total. The molecular weight excluding hydrogens is 272 g/mol. The smallest absolute Gasteiger partial charge is 0.287 e. The average molecular weight is 287 g/mol. The number of nitrogens with zero attached hydrogens (tertiary/aromatic N) is 2. The van der Waals surface area contributed by atoms with Crippen molar-refractivity contribution >= 4 is 23.2 Å². The number of hydrogen-bond donors (Lipinski definition) is 2. The number of anilines is 1. The van der Waals surface area contributed by atoms with Gasteiger partial charge < -0.3 is 15.8 Å². The minimum Gasteiger partial charge on any atom is -0.380 e. The summed E-state index contributed by atoms with van der Waals surface area (Å²) in [5, 5.41) is 6.95. The first-order chi connectivity index (χ1) is 8.99. The van der Waals surface area contributed by atoms with E-state index in [-0.39, 0.29) is 16.7 Å². The van der Waals surface area contributed by atoms with E-state index in [1.54, 1.807) is 0 Å². The van der Waals surface area contributed by atoms with Gasteiger partial charge in [0, 0.05) is 13.6 Å². The fourth-order valence-corrected chi connectivity index (χ4v) is 2.16. The number of nitrogens with two attached hydrogens (primary N) is 1. The van der Waals surface area contributed by atoms with Crippen molar-refractivity contribution in [3.05, 3.63) is 21.6 Å². The molecule has 1 fully saturated rings. The Morgan fingerprint density at radius 2 is 2.42 bits per heavy atom. The van der Waals surface area contributed by atoms with E-state index in [4.69, 9.17) is 22.1 Å². The molecule has 8 heteroatoms. The Morgan fingerprint density at radius 1 is 1.68 bits per heavy atom. The molecule has 2 heterocycles. The average Bonchev–Trinajstić information content (AvgIpc) is 2.84. The molecule has 0 aliphatic carbocycles. The molecule has 19 heavy (non-hydrogen) atoms. The second-order valence-electron chi connectivity index (χ2n) is 4.41. The maximum absolute atomic E-state index is 11.6. The van der Waals surface area contributed by atoms with E-state index < -0.39 is 12.0 Å². The van der Waals surface area contributed by atoms with Crippen LogP contribution in [0.1, 0.15) is 12.8 Å². The van der Waals surface area contributed by atoms with Gasteiger partial charge in [0.25, 0.3) is 5.56 Å². The Bertz CT molecular complexity index is 545. The number of aromatic nitrogens is 2. The van der Waals surface area contributed by atoms with E-state index in [1.807, 2.05) is 0 Å². The minimum atomic E-state index is -0.524. The molecule has 104 valence electrons. The lowest BCUT2D eigenvalue weighted by atomic mass is 10.2. The highest BCUT2D eigenvalue weighted by molar-refractivity contribution is 6.32. The van der Waals surface area contributed by atoms with Gasteiger partial charge in [-0.2, -0.15) is 5.10 Å². The Morgan fingerprint density at radius 3 is 3.05 bits per heavy atom. The number of ether oxygens (including phenoxy) is 1. The van der Waals surface area contributed by atoms with Gasteiger partial charge in [-0.15, -0.1) is 0 Å². The monoisotopic (exact) mass is 286 g/mol. The van der Waals surface area contributed by atoms with Gasteiger partial charge in [0.1, 0.15) is 11.1 Å². The molecule has 3 N–H and O–H groups in total. The summed E-state index contributed by atoms with van der Waals surface area (Å²) in [6, 6.07) is 0. The van der Waals surface area contributed by atoms with Crippen molar-refractivity contribution in [2.75, 3.05) is 11.9 Å². The summed E-state index contributed by atoms with van der Waals surface area (Å²) in [6.45, 7) is 0.443. The topological polar surface area (TPSA) is 99.2 Å². The zero-order valence-corrected chi connectivity index (χ0v) is 11.2. The van der Waals surface area contributed by atoms with Gasteiger partial charge in [-0.1, -0.05) is 11.6 Å². The summed E-state index contributed by atoms with van der Waals surface area (Å²) in [4.78, 5) is 22.5. The minimum absolute atomic E-state index is 0.0851. The lowest BCUT2D eigenvalue weighted by molar-refractivity contribution is -0.128. The van der Waals surface area contributed by atoms with Gasteiger partial charge in [-0.3, -0.25) is 9.59 Å². The molecule has 1 aromatic rings. The highest BCUT2D eigenvalue weighted by Crippen LogP contribution is 2.21. The molecule has 1 aliphatic rings. The highest BCUT2D eigenvalue weighted by Gasteiger charge is 2.28. The number of hydrogen-bond acceptors (Lipinski definition) is 5. The first-order valence-electron chi connectivity index (χ1n) is 5.89. The summed E-state index contributed by atoms with van der Waals surface area (Å²) in [5.74, 6) is -0.448. The van der Waals surface area contributed by atoms with Crippen LogP contribution in [0.25, 0.3) is 0 Å². The Kier molecular flexibility index (Phi) is 4.06. The second-order valence-corrected chi connectivity index (χ2v) is 4.79. The van der Waals surface area contributed by atoms with Crippen molar-refractivity contribution in [2.24, 2.45) is 12.8 Å². The number of rotatable bonds is 4. The van der Waals surface area contributed by atoms with Crippen LogP contribution in [0.5, 0.6) is 0 Å². The number of halogens is 1. The molecule has 1 amide bonds.